The van der Waals surface area contributed by atoms with Gasteiger partial charge in [-0.25, -0.2) is 9.78 Å². The van der Waals surface area contributed by atoms with E-state index in [-0.39, 0.29) is 11.8 Å². The molecule has 0 bridgehead atoms. The molecule has 2 amide bonds. The van der Waals surface area contributed by atoms with Crippen LogP contribution in [0.2, 0.25) is 0 Å². The number of rotatable bonds is 7. The molecule has 0 radical (unpaired) electrons. The third kappa shape index (κ3) is 9.35. The molecule has 1 aliphatic rings. The number of amides is 2. The van der Waals surface area contributed by atoms with Crippen molar-refractivity contribution >= 4 is 46.3 Å². The number of thiophene rings is 1. The lowest BCUT2D eigenvalue weighted by molar-refractivity contribution is -0.192. The molecule has 3 N–H and O–H groups in total. The molecule has 3 aromatic rings. The highest BCUT2D eigenvalue weighted by molar-refractivity contribution is 7.12. The SMILES string of the molecule is CC(=O)Nc1ccc(CN2CCC(N(C)c3cc(NC(=O)c4cccs4)ccn3)CC2)cc1.O=C(O)C(F)(F)F. The molecule has 13 heteroatoms. The number of benzene rings is 1. The van der Waals surface area contributed by atoms with Gasteiger partial charge in [-0.05, 0) is 48.1 Å². The highest BCUT2D eigenvalue weighted by Gasteiger charge is 2.38. The normalized spacial score (nSPS) is 14.0. The Morgan fingerprint density at radius 2 is 1.73 bits per heavy atom. The molecule has 40 heavy (non-hydrogen) atoms. The molecule has 2 aromatic heterocycles. The first-order valence-electron chi connectivity index (χ1n) is 12.3. The van der Waals surface area contributed by atoms with Gasteiger partial charge in [0.25, 0.3) is 5.91 Å². The van der Waals surface area contributed by atoms with E-state index in [0.29, 0.717) is 10.9 Å². The number of pyridine rings is 1. The Hall–Kier alpha value is -3.97. The first-order chi connectivity index (χ1) is 18.9. The zero-order chi connectivity index (χ0) is 29.3. The number of anilines is 3. The molecular weight excluding hydrogens is 547 g/mol. The van der Waals surface area contributed by atoms with Gasteiger partial charge in [-0.15, -0.1) is 11.3 Å². The molecule has 214 valence electrons. The number of halogens is 3. The van der Waals surface area contributed by atoms with Crippen molar-refractivity contribution < 1.29 is 32.7 Å². The average molecular weight is 578 g/mol. The molecule has 1 aliphatic heterocycles. The van der Waals surface area contributed by atoms with E-state index in [1.807, 2.05) is 41.8 Å². The number of nitrogens with zero attached hydrogens (tertiary/aromatic N) is 3. The quantitative estimate of drug-likeness (QED) is 0.359. The molecule has 0 atom stereocenters. The Morgan fingerprint density at radius 1 is 1.07 bits per heavy atom. The fourth-order valence-electron chi connectivity index (χ4n) is 4.10. The van der Waals surface area contributed by atoms with Crippen LogP contribution in [0.1, 0.15) is 35.0 Å². The third-order valence-electron chi connectivity index (χ3n) is 6.14. The Balaban J connectivity index is 0.000000559. The number of carbonyl (C=O) groups excluding carboxylic acids is 2. The summed E-state index contributed by atoms with van der Waals surface area (Å²) in [4.78, 5) is 42.3. The Kier molecular flexibility index (Phi) is 10.6. The van der Waals surface area contributed by atoms with Gasteiger partial charge in [-0.1, -0.05) is 18.2 Å². The van der Waals surface area contributed by atoms with E-state index in [9.17, 15) is 22.8 Å². The summed E-state index contributed by atoms with van der Waals surface area (Å²) in [5, 5.41) is 14.8. The minimum atomic E-state index is -5.08. The van der Waals surface area contributed by atoms with Gasteiger partial charge in [-0.3, -0.25) is 14.5 Å². The number of carbonyl (C=O) groups is 3. The Bertz CT molecular complexity index is 1280. The highest BCUT2D eigenvalue weighted by atomic mass is 32.1. The van der Waals surface area contributed by atoms with Crippen LogP contribution in [-0.2, 0) is 16.1 Å². The van der Waals surface area contributed by atoms with Crippen LogP contribution in [0.3, 0.4) is 0 Å². The van der Waals surface area contributed by atoms with Gasteiger partial charge in [0.2, 0.25) is 5.91 Å². The van der Waals surface area contributed by atoms with Gasteiger partial charge >= 0.3 is 12.1 Å². The number of hydrogen-bond donors (Lipinski definition) is 3. The number of likely N-dealkylation sites (tertiary alicyclic amines) is 1. The fourth-order valence-corrected chi connectivity index (χ4v) is 4.72. The summed E-state index contributed by atoms with van der Waals surface area (Å²) < 4.78 is 31.7. The number of piperidine rings is 1. The van der Waals surface area contributed by atoms with E-state index in [1.165, 1.54) is 23.8 Å². The lowest BCUT2D eigenvalue weighted by atomic mass is 10.0. The van der Waals surface area contributed by atoms with E-state index in [1.54, 1.807) is 6.20 Å². The average Bonchev–Trinajstić information content (AvgIpc) is 3.45. The maximum atomic E-state index is 12.4. The van der Waals surface area contributed by atoms with Gasteiger partial charge in [0.05, 0.1) is 4.88 Å². The Labute approximate surface area is 233 Å². The van der Waals surface area contributed by atoms with Crippen molar-refractivity contribution in [3.8, 4) is 0 Å². The van der Waals surface area contributed by atoms with Crippen LogP contribution in [0.5, 0.6) is 0 Å². The zero-order valence-corrected chi connectivity index (χ0v) is 22.8. The molecule has 0 spiro atoms. The van der Waals surface area contributed by atoms with E-state index < -0.39 is 12.1 Å². The maximum absolute atomic E-state index is 12.4. The third-order valence-corrected chi connectivity index (χ3v) is 7.01. The smallest absolute Gasteiger partial charge is 0.475 e. The molecule has 3 heterocycles. The second-order valence-electron chi connectivity index (χ2n) is 9.13. The molecule has 1 saturated heterocycles. The molecular formula is C27H30F3N5O4S. The second kappa shape index (κ2) is 13.9. The van der Waals surface area contributed by atoms with Crippen LogP contribution in [-0.4, -0.2) is 65.1 Å². The molecule has 0 saturated carbocycles. The predicted octanol–water partition coefficient (Wildman–Crippen LogP) is 5.09. The van der Waals surface area contributed by atoms with E-state index >= 15 is 0 Å². The van der Waals surface area contributed by atoms with Crippen LogP contribution in [0.25, 0.3) is 0 Å². The maximum Gasteiger partial charge on any atom is 0.490 e. The lowest BCUT2D eigenvalue weighted by Gasteiger charge is -2.37. The van der Waals surface area contributed by atoms with Crippen molar-refractivity contribution in [1.82, 2.24) is 9.88 Å². The summed E-state index contributed by atoms with van der Waals surface area (Å²) in [6.07, 6.45) is -1.24. The number of nitrogens with one attached hydrogen (secondary N) is 2. The monoisotopic (exact) mass is 577 g/mol. The summed E-state index contributed by atoms with van der Waals surface area (Å²) in [7, 11) is 2.08. The van der Waals surface area contributed by atoms with Crippen LogP contribution < -0.4 is 15.5 Å². The minimum absolute atomic E-state index is 0.0566. The minimum Gasteiger partial charge on any atom is -0.475 e. The summed E-state index contributed by atoms with van der Waals surface area (Å²) in [5.74, 6) is -2.04. The van der Waals surface area contributed by atoms with Crippen LogP contribution in [0.4, 0.5) is 30.4 Å². The molecule has 1 aromatic carbocycles. The first kappa shape index (κ1) is 30.6. The van der Waals surface area contributed by atoms with Crippen molar-refractivity contribution in [1.29, 1.82) is 0 Å². The molecule has 0 aliphatic carbocycles. The van der Waals surface area contributed by atoms with Crippen molar-refractivity contribution in [2.24, 2.45) is 0 Å². The van der Waals surface area contributed by atoms with Gasteiger partial charge in [0, 0.05) is 63.3 Å². The zero-order valence-electron chi connectivity index (χ0n) is 21.9. The van der Waals surface area contributed by atoms with Crippen molar-refractivity contribution in [2.45, 2.75) is 38.5 Å². The number of carboxylic acids is 1. The van der Waals surface area contributed by atoms with Crippen LogP contribution >= 0.6 is 11.3 Å². The highest BCUT2D eigenvalue weighted by Crippen LogP contribution is 2.24. The van der Waals surface area contributed by atoms with Gasteiger partial charge in [-0.2, -0.15) is 13.2 Å². The summed E-state index contributed by atoms with van der Waals surface area (Å²) in [6.45, 7) is 4.44. The second-order valence-corrected chi connectivity index (χ2v) is 10.1. The Morgan fingerprint density at radius 3 is 2.27 bits per heavy atom. The fraction of sp³-hybridized carbons (Fsp3) is 0.333. The number of hydrogen-bond acceptors (Lipinski definition) is 7. The first-order valence-corrected chi connectivity index (χ1v) is 13.2. The predicted molar refractivity (Wildman–Crippen MR) is 148 cm³/mol. The van der Waals surface area contributed by atoms with Crippen molar-refractivity contribution in [2.75, 3.05) is 35.7 Å². The van der Waals surface area contributed by atoms with Crippen LogP contribution in [0, 0.1) is 0 Å². The number of aliphatic carboxylic acids is 1. The number of alkyl halides is 3. The molecule has 1 fully saturated rings. The number of carboxylic acid groups (broad SMARTS) is 1. The molecule has 9 nitrogen and oxygen atoms in total. The van der Waals surface area contributed by atoms with E-state index in [2.05, 4.69) is 44.6 Å². The van der Waals surface area contributed by atoms with Crippen molar-refractivity contribution in [3.05, 3.63) is 70.5 Å². The number of aromatic nitrogens is 1. The molecule has 0 unspecified atom stereocenters. The van der Waals surface area contributed by atoms with Crippen molar-refractivity contribution in [3.63, 3.8) is 0 Å². The largest absolute Gasteiger partial charge is 0.490 e. The van der Waals surface area contributed by atoms with E-state index in [0.717, 1.165) is 49.7 Å². The summed E-state index contributed by atoms with van der Waals surface area (Å²) in [6, 6.07) is 15.9. The van der Waals surface area contributed by atoms with Gasteiger partial charge in [0.1, 0.15) is 5.82 Å². The summed E-state index contributed by atoms with van der Waals surface area (Å²) >= 11 is 1.43. The lowest BCUT2D eigenvalue weighted by Crippen LogP contribution is -2.43. The van der Waals surface area contributed by atoms with Crippen LogP contribution in [0.15, 0.2) is 60.1 Å². The van der Waals surface area contributed by atoms with Gasteiger partial charge in [0.15, 0.2) is 0 Å². The topological polar surface area (TPSA) is 115 Å². The summed E-state index contributed by atoms with van der Waals surface area (Å²) in [5.41, 5.74) is 2.82. The molecule has 4 rings (SSSR count). The standard InChI is InChI=1S/C25H29N5O2S.C2HF3O2/c1-18(31)27-20-7-5-19(6-8-20)17-30-13-10-22(11-14-30)29(2)24-16-21(9-12-26-24)28-25(32)23-4-3-15-33-23;3-2(4,5)1(6)7/h3-9,12,15-16,22H,10-11,13-14,17H2,1-2H3,(H,27,31)(H,26,28,32);(H,6,7). The van der Waals surface area contributed by atoms with E-state index in [4.69, 9.17) is 9.90 Å². The van der Waals surface area contributed by atoms with Gasteiger partial charge < -0.3 is 20.6 Å².